The third kappa shape index (κ3) is 4.43. The van der Waals surface area contributed by atoms with Crippen LogP contribution in [0.4, 0.5) is 5.69 Å². The van der Waals surface area contributed by atoms with Gasteiger partial charge in [-0.05, 0) is 36.4 Å². The van der Waals surface area contributed by atoms with Crippen LogP contribution in [0, 0.1) is 0 Å². The number of carbonyl (C=O) groups excluding carboxylic acids is 1. The first kappa shape index (κ1) is 17.7. The quantitative estimate of drug-likeness (QED) is 0.802. The fourth-order valence-electron chi connectivity index (χ4n) is 2.07. The lowest BCUT2D eigenvalue weighted by Gasteiger charge is -2.12. The van der Waals surface area contributed by atoms with Gasteiger partial charge in [-0.25, -0.2) is 0 Å². The van der Waals surface area contributed by atoms with E-state index in [-0.39, 0.29) is 5.91 Å². The lowest BCUT2D eigenvalue weighted by Crippen LogP contribution is -2.07. The van der Waals surface area contributed by atoms with E-state index in [4.69, 9.17) is 25.8 Å². The number of hydrogen-bond acceptors (Lipinski definition) is 4. The molecule has 0 fully saturated rings. The maximum atomic E-state index is 12.0. The van der Waals surface area contributed by atoms with E-state index in [2.05, 4.69) is 5.32 Å². The van der Waals surface area contributed by atoms with Gasteiger partial charge in [-0.2, -0.15) is 0 Å². The molecule has 0 aliphatic carbocycles. The molecule has 0 heterocycles. The molecule has 6 heteroatoms. The zero-order valence-corrected chi connectivity index (χ0v) is 14.4. The summed E-state index contributed by atoms with van der Waals surface area (Å²) in [5, 5.41) is 3.36. The molecular weight excluding hydrogens is 330 g/mol. The fraction of sp³-hybridized carbons (Fsp3) is 0.167. The molecule has 0 bridgehead atoms. The molecule has 24 heavy (non-hydrogen) atoms. The molecule has 0 radical (unpaired) electrons. The minimum atomic E-state index is -0.269. The molecule has 2 aromatic carbocycles. The molecule has 2 aromatic rings. The summed E-state index contributed by atoms with van der Waals surface area (Å²) in [6.45, 7) is 0. The number of hydrogen-bond donors (Lipinski definition) is 1. The van der Waals surface area contributed by atoms with Crippen LogP contribution in [-0.2, 0) is 4.79 Å². The Morgan fingerprint density at radius 2 is 1.54 bits per heavy atom. The molecule has 0 aromatic heterocycles. The Morgan fingerprint density at radius 3 is 2.12 bits per heavy atom. The average Bonchev–Trinajstić information content (AvgIpc) is 2.61. The number of methoxy groups -OCH3 is 3. The molecule has 5 nitrogen and oxygen atoms in total. The maximum absolute atomic E-state index is 12.0. The number of carbonyl (C=O) groups is 1. The van der Waals surface area contributed by atoms with Gasteiger partial charge in [0.25, 0.3) is 0 Å². The molecule has 126 valence electrons. The summed E-state index contributed by atoms with van der Waals surface area (Å²) in [7, 11) is 4.64. The van der Waals surface area contributed by atoms with E-state index in [1.54, 1.807) is 63.8 Å². The first-order valence-electron chi connectivity index (χ1n) is 7.12. The van der Waals surface area contributed by atoms with Crippen LogP contribution in [0.5, 0.6) is 17.2 Å². The Bertz CT molecular complexity index is 741. The van der Waals surface area contributed by atoms with Crippen LogP contribution in [0.3, 0.4) is 0 Å². The zero-order valence-electron chi connectivity index (χ0n) is 13.6. The van der Waals surface area contributed by atoms with Crippen molar-refractivity contribution in [1.82, 2.24) is 0 Å². The van der Waals surface area contributed by atoms with Crippen LogP contribution in [0.25, 0.3) is 6.08 Å². The second-order valence-corrected chi connectivity index (χ2v) is 5.22. The first-order chi connectivity index (χ1) is 11.6. The number of nitrogens with one attached hydrogen (secondary N) is 1. The van der Waals surface area contributed by atoms with Crippen molar-refractivity contribution in [1.29, 1.82) is 0 Å². The van der Waals surface area contributed by atoms with Gasteiger partial charge < -0.3 is 19.5 Å². The lowest BCUT2D eigenvalue weighted by atomic mass is 10.1. The van der Waals surface area contributed by atoms with Crippen LogP contribution in [0.1, 0.15) is 5.56 Å². The molecule has 0 saturated carbocycles. The van der Waals surface area contributed by atoms with E-state index >= 15 is 0 Å². The molecule has 0 spiro atoms. The number of halogens is 1. The van der Waals surface area contributed by atoms with Crippen LogP contribution in [0.15, 0.2) is 42.5 Å². The van der Waals surface area contributed by atoms with Gasteiger partial charge in [-0.3, -0.25) is 4.79 Å². The third-order valence-electron chi connectivity index (χ3n) is 3.26. The van der Waals surface area contributed by atoms with E-state index in [1.165, 1.54) is 6.08 Å². The smallest absolute Gasteiger partial charge is 0.248 e. The van der Waals surface area contributed by atoms with Crippen LogP contribution in [0.2, 0.25) is 5.02 Å². The standard InChI is InChI=1S/C18H18ClNO4/c1-22-15-11-17(24-3)16(23-2)10-12(15)4-9-18(21)20-14-7-5-13(19)6-8-14/h4-11H,1-3H3,(H,20,21)/b9-4+. The van der Waals surface area contributed by atoms with Crippen molar-refractivity contribution in [2.75, 3.05) is 26.6 Å². The van der Waals surface area contributed by atoms with Crippen molar-refractivity contribution >= 4 is 29.3 Å². The third-order valence-corrected chi connectivity index (χ3v) is 3.51. The average molecular weight is 348 g/mol. The summed E-state index contributed by atoms with van der Waals surface area (Å²) >= 11 is 5.81. The molecule has 0 aliphatic rings. The molecule has 0 unspecified atom stereocenters. The van der Waals surface area contributed by atoms with Gasteiger partial charge in [0.15, 0.2) is 11.5 Å². The highest BCUT2D eigenvalue weighted by molar-refractivity contribution is 6.30. The van der Waals surface area contributed by atoms with Gasteiger partial charge in [0.2, 0.25) is 5.91 Å². The van der Waals surface area contributed by atoms with Crippen LogP contribution >= 0.6 is 11.6 Å². The summed E-state index contributed by atoms with van der Waals surface area (Å²) in [5.74, 6) is 1.41. The molecule has 2 rings (SSSR count). The Balaban J connectivity index is 2.17. The van der Waals surface area contributed by atoms with Crippen molar-refractivity contribution in [2.45, 2.75) is 0 Å². The zero-order chi connectivity index (χ0) is 17.5. The fourth-order valence-corrected chi connectivity index (χ4v) is 2.19. The van der Waals surface area contributed by atoms with Gasteiger partial charge >= 0.3 is 0 Å². The Hall–Kier alpha value is -2.66. The van der Waals surface area contributed by atoms with Crippen molar-refractivity contribution < 1.29 is 19.0 Å². The largest absolute Gasteiger partial charge is 0.496 e. The number of amides is 1. The molecule has 0 saturated heterocycles. The highest BCUT2D eigenvalue weighted by Crippen LogP contribution is 2.35. The van der Waals surface area contributed by atoms with E-state index < -0.39 is 0 Å². The highest BCUT2D eigenvalue weighted by atomic mass is 35.5. The van der Waals surface area contributed by atoms with E-state index in [0.717, 1.165) is 0 Å². The molecule has 1 N–H and O–H groups in total. The van der Waals surface area contributed by atoms with Gasteiger partial charge in [0.05, 0.1) is 21.3 Å². The second-order valence-electron chi connectivity index (χ2n) is 4.78. The van der Waals surface area contributed by atoms with Crippen molar-refractivity contribution in [3.8, 4) is 17.2 Å². The molecule has 0 aliphatic heterocycles. The van der Waals surface area contributed by atoms with Crippen molar-refractivity contribution in [2.24, 2.45) is 0 Å². The molecular formula is C18H18ClNO4. The van der Waals surface area contributed by atoms with Crippen molar-refractivity contribution in [3.63, 3.8) is 0 Å². The first-order valence-corrected chi connectivity index (χ1v) is 7.49. The number of benzene rings is 2. The summed E-state index contributed by atoms with van der Waals surface area (Å²) in [6.07, 6.45) is 3.06. The Kier molecular flexibility index (Phi) is 6.09. The van der Waals surface area contributed by atoms with Gasteiger partial charge in [-0.15, -0.1) is 0 Å². The van der Waals surface area contributed by atoms with E-state index in [9.17, 15) is 4.79 Å². The van der Waals surface area contributed by atoms with Crippen LogP contribution < -0.4 is 19.5 Å². The minimum Gasteiger partial charge on any atom is -0.496 e. The number of rotatable bonds is 6. The van der Waals surface area contributed by atoms with Crippen molar-refractivity contribution in [3.05, 3.63) is 53.1 Å². The monoisotopic (exact) mass is 347 g/mol. The van der Waals surface area contributed by atoms with Crippen LogP contribution in [-0.4, -0.2) is 27.2 Å². The Morgan fingerprint density at radius 1 is 0.958 bits per heavy atom. The van der Waals surface area contributed by atoms with Gasteiger partial charge in [-0.1, -0.05) is 11.6 Å². The Labute approximate surface area is 145 Å². The van der Waals surface area contributed by atoms with Gasteiger partial charge in [0.1, 0.15) is 5.75 Å². The predicted molar refractivity (Wildman–Crippen MR) is 95.2 cm³/mol. The lowest BCUT2D eigenvalue weighted by molar-refractivity contribution is -0.111. The predicted octanol–water partition coefficient (Wildman–Crippen LogP) is 4.02. The summed E-state index contributed by atoms with van der Waals surface area (Å²) in [6, 6.07) is 10.3. The number of anilines is 1. The summed E-state index contributed by atoms with van der Waals surface area (Å²) < 4.78 is 15.8. The maximum Gasteiger partial charge on any atom is 0.248 e. The second kappa shape index (κ2) is 8.26. The highest BCUT2D eigenvalue weighted by Gasteiger charge is 2.10. The summed E-state index contributed by atoms with van der Waals surface area (Å²) in [5.41, 5.74) is 1.36. The topological polar surface area (TPSA) is 56.8 Å². The molecule has 0 atom stereocenters. The summed E-state index contributed by atoms with van der Waals surface area (Å²) in [4.78, 5) is 12.0. The SMILES string of the molecule is COc1cc(OC)c(OC)cc1/C=C/C(=O)Nc1ccc(Cl)cc1. The van der Waals surface area contributed by atoms with E-state index in [0.29, 0.717) is 33.5 Å². The normalized spacial score (nSPS) is 10.5. The molecule has 1 amide bonds. The van der Waals surface area contributed by atoms with Gasteiger partial charge in [0, 0.05) is 28.4 Å². The van der Waals surface area contributed by atoms with E-state index in [1.807, 2.05) is 0 Å². The minimum absolute atomic E-state index is 0.269. The number of ether oxygens (including phenoxy) is 3.